The number of halogens is 3. The van der Waals surface area contributed by atoms with Crippen molar-refractivity contribution in [1.82, 2.24) is 0 Å². The Labute approximate surface area is 95.1 Å². The standard InChI is InChI=1S/C11H9F3O3/c1-7(10(15)16)5-8-3-2-4-9(6-8)17-11(12,13)14/h2-6H,1H3,(H,15,16)/b7-5+. The molecule has 0 radical (unpaired) electrons. The topological polar surface area (TPSA) is 46.5 Å². The number of benzene rings is 1. The number of ether oxygens (including phenoxy) is 1. The molecule has 1 aromatic carbocycles. The zero-order chi connectivity index (χ0) is 13.1. The van der Waals surface area contributed by atoms with Gasteiger partial charge in [-0.25, -0.2) is 4.79 Å². The van der Waals surface area contributed by atoms with Crippen LogP contribution in [-0.4, -0.2) is 17.4 Å². The van der Waals surface area contributed by atoms with E-state index in [0.717, 1.165) is 12.1 Å². The molecular weight excluding hydrogens is 237 g/mol. The van der Waals surface area contributed by atoms with Gasteiger partial charge in [-0.05, 0) is 30.7 Å². The van der Waals surface area contributed by atoms with E-state index in [1.165, 1.54) is 25.1 Å². The van der Waals surface area contributed by atoms with Crippen molar-refractivity contribution in [3.63, 3.8) is 0 Å². The molecule has 0 saturated carbocycles. The minimum Gasteiger partial charge on any atom is -0.478 e. The SMILES string of the molecule is C/C(=C\c1cccc(OC(F)(F)F)c1)C(=O)O. The molecule has 17 heavy (non-hydrogen) atoms. The molecule has 0 aliphatic rings. The molecule has 92 valence electrons. The number of alkyl halides is 3. The van der Waals surface area contributed by atoms with Crippen molar-refractivity contribution in [3.05, 3.63) is 35.4 Å². The molecule has 0 atom stereocenters. The van der Waals surface area contributed by atoms with E-state index in [1.807, 2.05) is 0 Å². The first-order chi connectivity index (χ1) is 7.78. The fraction of sp³-hybridized carbons (Fsp3) is 0.182. The van der Waals surface area contributed by atoms with Crippen LogP contribution in [0.1, 0.15) is 12.5 Å². The van der Waals surface area contributed by atoms with Gasteiger partial charge in [0.2, 0.25) is 0 Å². The molecule has 0 heterocycles. The van der Waals surface area contributed by atoms with Crippen LogP contribution in [0.4, 0.5) is 13.2 Å². The van der Waals surface area contributed by atoms with Crippen molar-refractivity contribution >= 4 is 12.0 Å². The summed E-state index contributed by atoms with van der Waals surface area (Å²) in [5, 5.41) is 8.62. The van der Waals surface area contributed by atoms with Crippen molar-refractivity contribution in [1.29, 1.82) is 0 Å². The highest BCUT2D eigenvalue weighted by atomic mass is 19.4. The molecule has 0 aliphatic carbocycles. The monoisotopic (exact) mass is 246 g/mol. The van der Waals surface area contributed by atoms with Crippen LogP contribution in [-0.2, 0) is 4.79 Å². The zero-order valence-electron chi connectivity index (χ0n) is 8.78. The maximum atomic E-state index is 11.9. The first kappa shape index (κ1) is 13.1. The van der Waals surface area contributed by atoms with Crippen molar-refractivity contribution in [2.24, 2.45) is 0 Å². The molecule has 0 aromatic heterocycles. The van der Waals surface area contributed by atoms with E-state index >= 15 is 0 Å². The van der Waals surface area contributed by atoms with Gasteiger partial charge >= 0.3 is 12.3 Å². The van der Waals surface area contributed by atoms with Crippen molar-refractivity contribution < 1.29 is 27.8 Å². The van der Waals surface area contributed by atoms with Gasteiger partial charge in [0, 0.05) is 5.57 Å². The number of aliphatic carboxylic acids is 1. The first-order valence-corrected chi connectivity index (χ1v) is 4.55. The molecule has 0 bridgehead atoms. The van der Waals surface area contributed by atoms with Gasteiger partial charge in [0.25, 0.3) is 0 Å². The quantitative estimate of drug-likeness (QED) is 0.833. The normalized spacial score (nSPS) is 12.4. The van der Waals surface area contributed by atoms with E-state index in [1.54, 1.807) is 0 Å². The van der Waals surface area contributed by atoms with Crippen LogP contribution in [0, 0.1) is 0 Å². The van der Waals surface area contributed by atoms with Crippen LogP contribution in [0.15, 0.2) is 29.8 Å². The largest absolute Gasteiger partial charge is 0.573 e. The molecule has 0 unspecified atom stereocenters. The van der Waals surface area contributed by atoms with Crippen LogP contribution < -0.4 is 4.74 Å². The Morgan fingerprint density at radius 3 is 2.59 bits per heavy atom. The van der Waals surface area contributed by atoms with Gasteiger partial charge in [0.15, 0.2) is 0 Å². The highest BCUT2D eigenvalue weighted by Crippen LogP contribution is 2.24. The second kappa shape index (κ2) is 4.90. The Morgan fingerprint density at radius 2 is 2.06 bits per heavy atom. The summed E-state index contributed by atoms with van der Waals surface area (Å²) in [5.41, 5.74) is 0.348. The second-order valence-corrected chi connectivity index (χ2v) is 3.25. The summed E-state index contributed by atoms with van der Waals surface area (Å²) in [6.07, 6.45) is -3.50. The summed E-state index contributed by atoms with van der Waals surface area (Å²) in [6, 6.07) is 5.08. The van der Waals surface area contributed by atoms with Gasteiger partial charge in [-0.3, -0.25) is 0 Å². The Bertz CT molecular complexity index is 450. The molecule has 0 spiro atoms. The Balaban J connectivity index is 2.94. The highest BCUT2D eigenvalue weighted by molar-refractivity contribution is 5.91. The number of carbonyl (C=O) groups is 1. The number of hydrogen-bond acceptors (Lipinski definition) is 2. The van der Waals surface area contributed by atoms with Gasteiger partial charge in [0.1, 0.15) is 5.75 Å². The molecule has 6 heteroatoms. The average molecular weight is 246 g/mol. The van der Waals surface area contributed by atoms with Gasteiger partial charge in [-0.15, -0.1) is 13.2 Å². The minimum atomic E-state index is -4.76. The predicted octanol–water partition coefficient (Wildman–Crippen LogP) is 3.07. The third-order valence-electron chi connectivity index (χ3n) is 1.81. The summed E-state index contributed by atoms with van der Waals surface area (Å²) >= 11 is 0. The van der Waals surface area contributed by atoms with E-state index in [-0.39, 0.29) is 11.3 Å². The molecule has 1 rings (SSSR count). The number of carboxylic acid groups (broad SMARTS) is 1. The van der Waals surface area contributed by atoms with E-state index in [2.05, 4.69) is 4.74 Å². The lowest BCUT2D eigenvalue weighted by atomic mass is 10.1. The molecule has 1 N–H and O–H groups in total. The van der Waals surface area contributed by atoms with Crippen LogP contribution in [0.25, 0.3) is 6.08 Å². The molecule has 0 aliphatic heterocycles. The van der Waals surface area contributed by atoms with E-state index < -0.39 is 12.3 Å². The number of hydrogen-bond donors (Lipinski definition) is 1. The second-order valence-electron chi connectivity index (χ2n) is 3.25. The first-order valence-electron chi connectivity index (χ1n) is 4.55. The Kier molecular flexibility index (Phi) is 3.77. The molecule has 3 nitrogen and oxygen atoms in total. The van der Waals surface area contributed by atoms with Crippen LogP contribution in [0.3, 0.4) is 0 Å². The molecule has 1 aromatic rings. The molecule has 0 amide bonds. The fourth-order valence-corrected chi connectivity index (χ4v) is 1.11. The van der Waals surface area contributed by atoms with Crippen LogP contribution >= 0.6 is 0 Å². The van der Waals surface area contributed by atoms with Gasteiger partial charge in [-0.1, -0.05) is 12.1 Å². The van der Waals surface area contributed by atoms with Crippen molar-refractivity contribution in [2.75, 3.05) is 0 Å². The lowest BCUT2D eigenvalue weighted by molar-refractivity contribution is -0.274. The number of carboxylic acids is 1. The third kappa shape index (κ3) is 4.58. The van der Waals surface area contributed by atoms with Gasteiger partial charge < -0.3 is 9.84 Å². The summed E-state index contributed by atoms with van der Waals surface area (Å²) < 4.78 is 39.5. The summed E-state index contributed by atoms with van der Waals surface area (Å²) in [5.74, 6) is -1.52. The lowest BCUT2D eigenvalue weighted by Crippen LogP contribution is -2.17. The van der Waals surface area contributed by atoms with Crippen LogP contribution in [0.2, 0.25) is 0 Å². The molecular formula is C11H9F3O3. The average Bonchev–Trinajstić information content (AvgIpc) is 2.15. The van der Waals surface area contributed by atoms with Crippen molar-refractivity contribution in [3.8, 4) is 5.75 Å². The molecule has 0 saturated heterocycles. The van der Waals surface area contributed by atoms with E-state index in [0.29, 0.717) is 5.56 Å². The van der Waals surface area contributed by atoms with Crippen molar-refractivity contribution in [2.45, 2.75) is 13.3 Å². The Hall–Kier alpha value is -1.98. The van der Waals surface area contributed by atoms with E-state index in [4.69, 9.17) is 5.11 Å². The summed E-state index contributed by atoms with van der Waals surface area (Å²) in [4.78, 5) is 10.5. The lowest BCUT2D eigenvalue weighted by Gasteiger charge is -2.08. The Morgan fingerprint density at radius 1 is 1.41 bits per heavy atom. The summed E-state index contributed by atoms with van der Waals surface area (Å²) in [6.45, 7) is 1.35. The smallest absolute Gasteiger partial charge is 0.478 e. The van der Waals surface area contributed by atoms with Gasteiger partial charge in [0.05, 0.1) is 0 Å². The predicted molar refractivity (Wildman–Crippen MR) is 54.4 cm³/mol. The maximum Gasteiger partial charge on any atom is 0.573 e. The third-order valence-corrected chi connectivity index (χ3v) is 1.81. The van der Waals surface area contributed by atoms with Crippen LogP contribution in [0.5, 0.6) is 5.75 Å². The van der Waals surface area contributed by atoms with Gasteiger partial charge in [-0.2, -0.15) is 0 Å². The number of rotatable bonds is 3. The maximum absolute atomic E-state index is 11.9. The highest BCUT2D eigenvalue weighted by Gasteiger charge is 2.31. The fourth-order valence-electron chi connectivity index (χ4n) is 1.11. The minimum absolute atomic E-state index is 0.0224. The summed E-state index contributed by atoms with van der Waals surface area (Å²) in [7, 11) is 0. The van der Waals surface area contributed by atoms with E-state index in [9.17, 15) is 18.0 Å². The zero-order valence-corrected chi connectivity index (χ0v) is 8.78. The molecule has 0 fully saturated rings.